The first kappa shape index (κ1) is 27.3. The highest BCUT2D eigenvalue weighted by Crippen LogP contribution is 2.34. The Morgan fingerprint density at radius 1 is 1.00 bits per heavy atom. The fraction of sp³-hybridized carbons (Fsp3) is 0.333. The summed E-state index contributed by atoms with van der Waals surface area (Å²) in [6, 6.07) is 19.5. The second-order valence-electron chi connectivity index (χ2n) is 9.39. The van der Waals surface area contributed by atoms with Crippen LogP contribution in [0.15, 0.2) is 60.7 Å². The van der Waals surface area contributed by atoms with E-state index >= 15 is 0 Å². The summed E-state index contributed by atoms with van der Waals surface area (Å²) in [5.74, 6) is -0.00864. The van der Waals surface area contributed by atoms with Crippen molar-refractivity contribution in [3.8, 4) is 16.9 Å². The third-order valence-electron chi connectivity index (χ3n) is 6.07. The molecular weight excluding hydrogens is 474 g/mol. The van der Waals surface area contributed by atoms with Gasteiger partial charge in [-0.1, -0.05) is 56.6 Å². The Kier molecular flexibility index (Phi) is 9.54. The minimum Gasteiger partial charge on any atom is -0.486 e. The zero-order valence-corrected chi connectivity index (χ0v) is 22.1. The van der Waals surface area contributed by atoms with E-state index in [0.717, 1.165) is 34.7 Å². The van der Waals surface area contributed by atoms with Crippen LogP contribution < -0.4 is 10.1 Å². The van der Waals surface area contributed by atoms with Crippen LogP contribution in [0, 0.1) is 12.8 Å². The number of carboxylic acid groups (broad SMARTS) is 1. The summed E-state index contributed by atoms with van der Waals surface area (Å²) in [6.07, 6.45) is 1.42. The number of halogens is 1. The van der Waals surface area contributed by atoms with E-state index in [1.54, 1.807) is 12.1 Å². The molecule has 0 saturated carbocycles. The van der Waals surface area contributed by atoms with Crippen molar-refractivity contribution in [1.29, 1.82) is 0 Å². The number of hydrogen-bond acceptors (Lipinski definition) is 3. The number of carboxylic acids is 1. The zero-order valence-electron chi connectivity index (χ0n) is 21.3. The van der Waals surface area contributed by atoms with E-state index in [0.29, 0.717) is 11.5 Å². The third-order valence-corrected chi connectivity index (χ3v) is 6.30. The molecule has 0 aliphatic carbocycles. The largest absolute Gasteiger partial charge is 0.486 e. The number of carbonyl (C=O) groups is 2. The minimum atomic E-state index is -0.943. The van der Waals surface area contributed by atoms with Gasteiger partial charge in [-0.25, -0.2) is 0 Å². The lowest BCUT2D eigenvalue weighted by Gasteiger charge is -2.23. The maximum atomic E-state index is 12.3. The first-order chi connectivity index (χ1) is 17.2. The van der Waals surface area contributed by atoms with Crippen LogP contribution in [0.1, 0.15) is 66.8 Å². The van der Waals surface area contributed by atoms with E-state index in [1.165, 1.54) is 16.7 Å². The van der Waals surface area contributed by atoms with Gasteiger partial charge in [0, 0.05) is 17.1 Å². The number of rotatable bonds is 11. The van der Waals surface area contributed by atoms with Crippen molar-refractivity contribution in [2.75, 3.05) is 6.54 Å². The number of carbonyl (C=O) groups excluding carboxylic acids is 1. The van der Waals surface area contributed by atoms with Crippen molar-refractivity contribution in [3.63, 3.8) is 0 Å². The zero-order chi connectivity index (χ0) is 26.2. The molecule has 0 saturated heterocycles. The van der Waals surface area contributed by atoms with Gasteiger partial charge in [0.05, 0.1) is 6.42 Å². The van der Waals surface area contributed by atoms with Crippen LogP contribution in [-0.2, 0) is 11.2 Å². The van der Waals surface area contributed by atoms with Gasteiger partial charge in [0.1, 0.15) is 11.9 Å². The maximum Gasteiger partial charge on any atom is 0.305 e. The fourth-order valence-electron chi connectivity index (χ4n) is 4.21. The quantitative estimate of drug-likeness (QED) is 0.286. The molecule has 2 N–H and O–H groups in total. The molecule has 0 spiro atoms. The van der Waals surface area contributed by atoms with Gasteiger partial charge in [0.25, 0.3) is 5.91 Å². The Hall–Kier alpha value is -3.31. The molecule has 0 aromatic heterocycles. The van der Waals surface area contributed by atoms with Crippen molar-refractivity contribution in [2.45, 2.75) is 53.1 Å². The first-order valence-corrected chi connectivity index (χ1v) is 12.7. The van der Waals surface area contributed by atoms with E-state index in [-0.39, 0.29) is 25.0 Å². The van der Waals surface area contributed by atoms with Gasteiger partial charge in [-0.3, -0.25) is 9.59 Å². The molecule has 6 heteroatoms. The summed E-state index contributed by atoms with van der Waals surface area (Å²) >= 11 is 6.16. The maximum absolute atomic E-state index is 12.3. The van der Waals surface area contributed by atoms with E-state index in [4.69, 9.17) is 21.4 Å². The molecule has 1 atom stereocenters. The lowest BCUT2D eigenvalue weighted by atomic mass is 9.94. The van der Waals surface area contributed by atoms with E-state index in [9.17, 15) is 9.59 Å². The van der Waals surface area contributed by atoms with Gasteiger partial charge in [0.2, 0.25) is 0 Å². The molecule has 0 aliphatic rings. The van der Waals surface area contributed by atoms with E-state index in [2.05, 4.69) is 51.2 Å². The molecule has 3 aromatic carbocycles. The second kappa shape index (κ2) is 12.6. The monoisotopic (exact) mass is 507 g/mol. The number of aliphatic carboxylic acids is 1. The molecule has 0 heterocycles. The van der Waals surface area contributed by atoms with Crippen LogP contribution in [0.4, 0.5) is 0 Å². The van der Waals surface area contributed by atoms with Crippen molar-refractivity contribution < 1.29 is 19.4 Å². The molecule has 3 rings (SSSR count). The molecule has 36 heavy (non-hydrogen) atoms. The average molecular weight is 508 g/mol. The summed E-state index contributed by atoms with van der Waals surface area (Å²) in [5, 5.41) is 12.1. The van der Waals surface area contributed by atoms with Crippen LogP contribution in [-0.4, -0.2) is 23.5 Å². The normalized spacial score (nSPS) is 11.8. The van der Waals surface area contributed by atoms with Gasteiger partial charge < -0.3 is 15.2 Å². The summed E-state index contributed by atoms with van der Waals surface area (Å²) in [7, 11) is 0. The Morgan fingerprint density at radius 3 is 2.31 bits per heavy atom. The predicted molar refractivity (Wildman–Crippen MR) is 145 cm³/mol. The van der Waals surface area contributed by atoms with Crippen LogP contribution in [0.25, 0.3) is 11.1 Å². The Labute approximate surface area is 218 Å². The van der Waals surface area contributed by atoms with Crippen LogP contribution in [0.3, 0.4) is 0 Å². The molecule has 1 amide bonds. The number of aryl methyl sites for hydroxylation is 2. The van der Waals surface area contributed by atoms with Crippen molar-refractivity contribution in [3.05, 3.63) is 87.9 Å². The molecule has 0 radical (unpaired) electrons. The number of nitrogens with one attached hydrogen (secondary N) is 1. The van der Waals surface area contributed by atoms with Crippen LogP contribution in [0.5, 0.6) is 5.75 Å². The molecule has 0 fully saturated rings. The Morgan fingerprint density at radius 2 is 1.69 bits per heavy atom. The lowest BCUT2D eigenvalue weighted by Crippen LogP contribution is -2.26. The summed E-state index contributed by atoms with van der Waals surface area (Å²) < 4.78 is 6.50. The number of benzene rings is 3. The first-order valence-electron chi connectivity index (χ1n) is 12.3. The molecule has 5 nitrogen and oxygen atoms in total. The van der Waals surface area contributed by atoms with E-state index in [1.807, 2.05) is 30.3 Å². The van der Waals surface area contributed by atoms with Gasteiger partial charge in [-0.2, -0.15) is 0 Å². The highest BCUT2D eigenvalue weighted by atomic mass is 35.5. The Bertz CT molecular complexity index is 1200. The fourth-order valence-corrected chi connectivity index (χ4v) is 4.43. The van der Waals surface area contributed by atoms with Gasteiger partial charge in [0.15, 0.2) is 0 Å². The van der Waals surface area contributed by atoms with Crippen LogP contribution >= 0.6 is 11.6 Å². The third kappa shape index (κ3) is 7.34. The highest BCUT2D eigenvalue weighted by molar-refractivity contribution is 6.30. The molecule has 190 valence electrons. The predicted octanol–water partition coefficient (Wildman–Crippen LogP) is 7.25. The molecule has 0 bridgehead atoms. The van der Waals surface area contributed by atoms with Crippen molar-refractivity contribution in [2.24, 2.45) is 5.92 Å². The summed E-state index contributed by atoms with van der Waals surface area (Å²) in [5.41, 5.74) is 6.16. The smallest absolute Gasteiger partial charge is 0.305 e. The highest BCUT2D eigenvalue weighted by Gasteiger charge is 2.18. The summed E-state index contributed by atoms with van der Waals surface area (Å²) in [6.45, 7) is 8.62. The second-order valence-corrected chi connectivity index (χ2v) is 9.83. The number of amides is 1. The molecule has 3 aromatic rings. The van der Waals surface area contributed by atoms with Crippen molar-refractivity contribution >= 4 is 23.5 Å². The lowest BCUT2D eigenvalue weighted by molar-refractivity contribution is -0.136. The number of ether oxygens (including phenoxy) is 1. The van der Waals surface area contributed by atoms with Crippen molar-refractivity contribution in [1.82, 2.24) is 5.32 Å². The van der Waals surface area contributed by atoms with Gasteiger partial charge in [-0.15, -0.1) is 0 Å². The average Bonchev–Trinajstić information content (AvgIpc) is 2.83. The SMILES string of the molecule is CCc1cc(OC(CC(C)C)c2ccc(C(=O)NCCC(=O)O)cc2)ccc1-c1ccc(Cl)cc1C. The number of hydrogen-bond donors (Lipinski definition) is 2. The van der Waals surface area contributed by atoms with Gasteiger partial charge in [-0.05, 0) is 89.9 Å². The van der Waals surface area contributed by atoms with E-state index < -0.39 is 5.97 Å². The summed E-state index contributed by atoms with van der Waals surface area (Å²) in [4.78, 5) is 23.0. The topological polar surface area (TPSA) is 75.6 Å². The molecular formula is C30H34ClNO4. The van der Waals surface area contributed by atoms with Gasteiger partial charge >= 0.3 is 5.97 Å². The standard InChI is InChI=1S/C30H34ClNO4/c1-5-21-18-25(11-13-27(21)26-12-10-24(31)17-20(26)4)36-28(16-19(2)3)22-6-8-23(9-7-22)30(35)32-15-14-29(33)34/h6-13,17-19,28H,5,14-16H2,1-4H3,(H,32,35)(H,33,34). The Balaban J connectivity index is 1.81. The van der Waals surface area contributed by atoms with Crippen LogP contribution in [0.2, 0.25) is 5.02 Å². The molecule has 0 aliphatic heterocycles. The molecule has 1 unspecified atom stereocenters. The minimum absolute atomic E-state index is 0.0975.